The van der Waals surface area contributed by atoms with Gasteiger partial charge in [0, 0.05) is 12.2 Å². The summed E-state index contributed by atoms with van der Waals surface area (Å²) in [5.74, 6) is -0.943. The minimum Gasteiger partial charge on any atom is -0.385 e. The largest absolute Gasteiger partial charge is 0.419 e. The summed E-state index contributed by atoms with van der Waals surface area (Å²) >= 11 is 0. The van der Waals surface area contributed by atoms with Crippen molar-refractivity contribution in [1.82, 2.24) is 0 Å². The van der Waals surface area contributed by atoms with Crippen LogP contribution in [0.25, 0.3) is 0 Å². The third kappa shape index (κ3) is 3.40. The molecule has 1 nitrogen and oxygen atoms in total. The van der Waals surface area contributed by atoms with Crippen LogP contribution >= 0.6 is 0 Å². The van der Waals surface area contributed by atoms with Crippen molar-refractivity contribution in [2.45, 2.75) is 20.0 Å². The van der Waals surface area contributed by atoms with Crippen LogP contribution in [0.1, 0.15) is 19.4 Å². The van der Waals surface area contributed by atoms with Crippen molar-refractivity contribution in [3.8, 4) is 0 Å². The summed E-state index contributed by atoms with van der Waals surface area (Å²) in [6.45, 7) is 4.41. The summed E-state index contributed by atoms with van der Waals surface area (Å²) in [6.07, 6.45) is -4.65. The molecule has 0 bridgehead atoms. The van der Waals surface area contributed by atoms with Crippen molar-refractivity contribution in [3.63, 3.8) is 0 Å². The summed E-state index contributed by atoms with van der Waals surface area (Å²) < 4.78 is 50.0. The van der Waals surface area contributed by atoms with Crippen molar-refractivity contribution in [2.24, 2.45) is 5.92 Å². The van der Waals surface area contributed by atoms with Gasteiger partial charge in [0.2, 0.25) is 0 Å². The first-order valence-corrected chi connectivity index (χ1v) is 4.91. The molecule has 0 saturated carbocycles. The molecule has 1 aromatic rings. The van der Waals surface area contributed by atoms with Crippen LogP contribution in [-0.4, -0.2) is 6.54 Å². The fourth-order valence-electron chi connectivity index (χ4n) is 1.17. The predicted octanol–water partition coefficient (Wildman–Crippen LogP) is 3.91. The van der Waals surface area contributed by atoms with E-state index in [9.17, 15) is 17.6 Å². The van der Waals surface area contributed by atoms with Crippen LogP contribution < -0.4 is 5.32 Å². The highest BCUT2D eigenvalue weighted by Crippen LogP contribution is 2.32. The maximum atomic E-state index is 12.9. The van der Waals surface area contributed by atoms with Gasteiger partial charge in [-0.05, 0) is 24.1 Å². The lowest BCUT2D eigenvalue weighted by Gasteiger charge is -2.12. The lowest BCUT2D eigenvalue weighted by molar-refractivity contribution is -0.139. The monoisotopic (exact) mass is 235 g/mol. The zero-order valence-corrected chi connectivity index (χ0v) is 9.03. The smallest absolute Gasteiger partial charge is 0.385 e. The van der Waals surface area contributed by atoms with Crippen LogP contribution in [0.4, 0.5) is 23.2 Å². The van der Waals surface area contributed by atoms with Crippen LogP contribution in [0.3, 0.4) is 0 Å². The number of hydrogen-bond donors (Lipinski definition) is 1. The molecule has 0 radical (unpaired) electrons. The topological polar surface area (TPSA) is 12.0 Å². The standard InChI is InChI=1S/C11H13F4N/c1-7(2)6-16-8-3-4-10(12)9(5-8)11(13,14)15/h3-5,7,16H,6H2,1-2H3. The van der Waals surface area contributed by atoms with E-state index in [4.69, 9.17) is 0 Å². The van der Waals surface area contributed by atoms with Crippen molar-refractivity contribution >= 4 is 5.69 Å². The molecule has 0 unspecified atom stereocenters. The molecule has 0 aliphatic heterocycles. The Hall–Kier alpha value is -1.26. The molecule has 90 valence electrons. The van der Waals surface area contributed by atoms with Gasteiger partial charge >= 0.3 is 6.18 Å². The quantitative estimate of drug-likeness (QED) is 0.783. The third-order valence-electron chi connectivity index (χ3n) is 1.99. The SMILES string of the molecule is CC(C)CNc1ccc(F)c(C(F)(F)F)c1. The Kier molecular flexibility index (Phi) is 3.78. The van der Waals surface area contributed by atoms with E-state index in [1.807, 2.05) is 13.8 Å². The Bertz CT molecular complexity index is 357. The second kappa shape index (κ2) is 4.72. The Balaban J connectivity index is 2.90. The molecule has 1 N–H and O–H groups in total. The average molecular weight is 235 g/mol. The van der Waals surface area contributed by atoms with E-state index in [0.29, 0.717) is 12.5 Å². The van der Waals surface area contributed by atoms with E-state index in [-0.39, 0.29) is 5.69 Å². The van der Waals surface area contributed by atoms with Crippen molar-refractivity contribution < 1.29 is 17.6 Å². The maximum absolute atomic E-state index is 12.9. The van der Waals surface area contributed by atoms with Crippen molar-refractivity contribution in [2.75, 3.05) is 11.9 Å². The van der Waals surface area contributed by atoms with Crippen molar-refractivity contribution in [3.05, 3.63) is 29.6 Å². The number of benzene rings is 1. The van der Waals surface area contributed by atoms with Gasteiger partial charge in [0.15, 0.2) is 0 Å². The Morgan fingerprint density at radius 3 is 2.38 bits per heavy atom. The maximum Gasteiger partial charge on any atom is 0.419 e. The number of rotatable bonds is 3. The summed E-state index contributed by atoms with van der Waals surface area (Å²) in [7, 11) is 0. The number of anilines is 1. The molecule has 0 aliphatic carbocycles. The van der Waals surface area contributed by atoms with Crippen LogP contribution in [0.15, 0.2) is 18.2 Å². The van der Waals surface area contributed by atoms with Crippen LogP contribution in [0.5, 0.6) is 0 Å². The van der Waals surface area contributed by atoms with Gasteiger partial charge in [-0.2, -0.15) is 13.2 Å². The molecule has 1 aromatic carbocycles. The fourth-order valence-corrected chi connectivity index (χ4v) is 1.17. The zero-order valence-electron chi connectivity index (χ0n) is 9.03. The summed E-state index contributed by atoms with van der Waals surface area (Å²) in [5.41, 5.74) is -0.955. The molecular formula is C11H13F4N. The number of nitrogens with one attached hydrogen (secondary N) is 1. The van der Waals surface area contributed by atoms with E-state index >= 15 is 0 Å². The number of hydrogen-bond acceptors (Lipinski definition) is 1. The van der Waals surface area contributed by atoms with Gasteiger partial charge in [-0.25, -0.2) is 4.39 Å². The highest BCUT2D eigenvalue weighted by Gasteiger charge is 2.34. The number of halogens is 4. The molecule has 0 atom stereocenters. The highest BCUT2D eigenvalue weighted by atomic mass is 19.4. The molecule has 0 saturated heterocycles. The van der Waals surface area contributed by atoms with Crippen molar-refractivity contribution in [1.29, 1.82) is 0 Å². The molecule has 1 rings (SSSR count). The molecular weight excluding hydrogens is 222 g/mol. The molecule has 0 heterocycles. The second-order valence-corrected chi connectivity index (χ2v) is 3.97. The molecule has 0 fully saturated rings. The molecule has 0 spiro atoms. The predicted molar refractivity (Wildman–Crippen MR) is 54.7 cm³/mol. The van der Waals surface area contributed by atoms with Crippen LogP contribution in [0, 0.1) is 11.7 Å². The minimum atomic E-state index is -4.65. The lowest BCUT2D eigenvalue weighted by atomic mass is 10.1. The average Bonchev–Trinajstić information content (AvgIpc) is 2.14. The fraction of sp³-hybridized carbons (Fsp3) is 0.455. The van der Waals surface area contributed by atoms with E-state index in [1.165, 1.54) is 6.07 Å². The van der Waals surface area contributed by atoms with E-state index < -0.39 is 17.6 Å². The number of alkyl halides is 3. The van der Waals surface area contributed by atoms with E-state index in [2.05, 4.69) is 5.32 Å². The Labute approximate surface area is 91.5 Å². The van der Waals surface area contributed by atoms with Gasteiger partial charge in [0.1, 0.15) is 5.82 Å². The van der Waals surface area contributed by atoms with E-state index in [0.717, 1.165) is 12.1 Å². The van der Waals surface area contributed by atoms with Crippen LogP contribution in [0.2, 0.25) is 0 Å². The summed E-state index contributed by atoms with van der Waals surface area (Å²) in [4.78, 5) is 0. The van der Waals surface area contributed by atoms with Gasteiger partial charge in [-0.15, -0.1) is 0 Å². The van der Waals surface area contributed by atoms with Gasteiger partial charge in [-0.1, -0.05) is 13.8 Å². The molecule has 16 heavy (non-hydrogen) atoms. The highest BCUT2D eigenvalue weighted by molar-refractivity contribution is 5.47. The normalized spacial score (nSPS) is 11.9. The summed E-state index contributed by atoms with van der Waals surface area (Å²) in [6, 6.07) is 2.91. The zero-order chi connectivity index (χ0) is 12.3. The van der Waals surface area contributed by atoms with Gasteiger partial charge in [0.25, 0.3) is 0 Å². The molecule has 0 amide bonds. The minimum absolute atomic E-state index is 0.280. The lowest BCUT2D eigenvalue weighted by Crippen LogP contribution is -2.11. The van der Waals surface area contributed by atoms with Gasteiger partial charge in [-0.3, -0.25) is 0 Å². The molecule has 0 aliphatic rings. The second-order valence-electron chi connectivity index (χ2n) is 3.97. The van der Waals surface area contributed by atoms with Crippen LogP contribution in [-0.2, 0) is 6.18 Å². The first kappa shape index (κ1) is 12.8. The Morgan fingerprint density at radius 1 is 1.25 bits per heavy atom. The first-order chi connectivity index (χ1) is 7.30. The Morgan fingerprint density at radius 2 is 1.88 bits per heavy atom. The van der Waals surface area contributed by atoms with Gasteiger partial charge in [0.05, 0.1) is 5.56 Å². The van der Waals surface area contributed by atoms with E-state index in [1.54, 1.807) is 0 Å². The summed E-state index contributed by atoms with van der Waals surface area (Å²) in [5, 5.41) is 2.82. The van der Waals surface area contributed by atoms with Gasteiger partial charge < -0.3 is 5.32 Å². The third-order valence-corrected chi connectivity index (χ3v) is 1.99. The molecule has 5 heteroatoms. The first-order valence-electron chi connectivity index (χ1n) is 4.91. The molecule has 0 aromatic heterocycles.